The van der Waals surface area contributed by atoms with Gasteiger partial charge in [0.05, 0.1) is 6.54 Å². The number of carboxylic acid groups (broad SMARTS) is 1. The molecule has 0 radical (unpaired) electrons. The van der Waals surface area contributed by atoms with Crippen molar-refractivity contribution >= 4 is 16.0 Å². The maximum absolute atomic E-state index is 11.5. The van der Waals surface area contributed by atoms with Crippen molar-refractivity contribution in [3.63, 3.8) is 0 Å². The van der Waals surface area contributed by atoms with Crippen LogP contribution in [0.3, 0.4) is 0 Å². The van der Waals surface area contributed by atoms with Gasteiger partial charge in [-0.1, -0.05) is 6.92 Å². The predicted octanol–water partition coefficient (Wildman–Crippen LogP) is -1.00. The van der Waals surface area contributed by atoms with Crippen LogP contribution >= 0.6 is 0 Å². The molecule has 1 aliphatic rings. The summed E-state index contributed by atoms with van der Waals surface area (Å²) in [5, 5.41) is 8.51. The molecule has 1 aliphatic heterocycles. The lowest BCUT2D eigenvalue weighted by molar-refractivity contribution is -0.138. The molecule has 0 aromatic carbocycles. The van der Waals surface area contributed by atoms with Gasteiger partial charge in [-0.2, -0.15) is 4.31 Å². The van der Waals surface area contributed by atoms with E-state index in [-0.39, 0.29) is 12.4 Å². The van der Waals surface area contributed by atoms with Gasteiger partial charge in [-0.05, 0) is 0 Å². The Morgan fingerprint density at radius 3 is 2.50 bits per heavy atom. The molecule has 82 valence electrons. The Morgan fingerprint density at radius 2 is 2.07 bits per heavy atom. The highest BCUT2D eigenvalue weighted by atomic mass is 32.2. The van der Waals surface area contributed by atoms with Gasteiger partial charge < -0.3 is 5.11 Å². The number of aliphatic carboxylic acids is 1. The first-order chi connectivity index (χ1) is 6.45. The van der Waals surface area contributed by atoms with Crippen molar-refractivity contribution < 1.29 is 18.3 Å². The van der Waals surface area contributed by atoms with E-state index in [0.29, 0.717) is 19.6 Å². The van der Waals surface area contributed by atoms with Crippen molar-refractivity contribution in [2.24, 2.45) is 0 Å². The number of hydrogen-bond donors (Lipinski definition) is 1. The second kappa shape index (κ2) is 4.24. The van der Waals surface area contributed by atoms with Gasteiger partial charge in [0, 0.05) is 19.6 Å². The maximum atomic E-state index is 11.5. The number of carbonyl (C=O) groups is 1. The van der Waals surface area contributed by atoms with Crippen LogP contribution in [-0.2, 0) is 14.8 Å². The Labute approximate surface area is 83.2 Å². The van der Waals surface area contributed by atoms with Crippen molar-refractivity contribution in [3.05, 3.63) is 0 Å². The minimum atomic E-state index is -3.27. The lowest BCUT2D eigenvalue weighted by Gasteiger charge is -2.32. The zero-order valence-electron chi connectivity index (χ0n) is 8.01. The van der Waals surface area contributed by atoms with E-state index >= 15 is 0 Å². The van der Waals surface area contributed by atoms with Gasteiger partial charge in [-0.25, -0.2) is 8.42 Å². The highest BCUT2D eigenvalue weighted by Gasteiger charge is 2.29. The molecule has 1 heterocycles. The molecule has 0 saturated carbocycles. The van der Waals surface area contributed by atoms with Gasteiger partial charge in [-0.3, -0.25) is 9.69 Å². The van der Waals surface area contributed by atoms with Crippen LogP contribution < -0.4 is 0 Å². The summed E-state index contributed by atoms with van der Waals surface area (Å²) in [6.07, 6.45) is 0. The molecular formula is C7H14N2O4S. The van der Waals surface area contributed by atoms with E-state index in [2.05, 4.69) is 0 Å². The Bertz CT molecular complexity index is 314. The molecule has 7 heteroatoms. The predicted molar refractivity (Wildman–Crippen MR) is 50.2 cm³/mol. The molecule has 1 rings (SSSR count). The van der Waals surface area contributed by atoms with E-state index < -0.39 is 16.0 Å². The van der Waals surface area contributed by atoms with E-state index in [0.717, 1.165) is 0 Å². The molecule has 0 amide bonds. The molecule has 1 fully saturated rings. The monoisotopic (exact) mass is 222 g/mol. The molecular weight excluding hydrogens is 208 g/mol. The molecule has 1 saturated heterocycles. The van der Waals surface area contributed by atoms with Crippen molar-refractivity contribution in [1.82, 2.24) is 9.21 Å². The van der Waals surface area contributed by atoms with Crippen molar-refractivity contribution in [2.45, 2.75) is 6.92 Å². The van der Waals surface area contributed by atoms with Gasteiger partial charge in [0.2, 0.25) is 10.0 Å². The summed E-state index contributed by atoms with van der Waals surface area (Å²) in [4.78, 5) is 11.8. The summed E-state index contributed by atoms with van der Waals surface area (Å²) in [5.41, 5.74) is 0. The highest BCUT2D eigenvalue weighted by Crippen LogP contribution is 2.09. The second-order valence-corrected chi connectivity index (χ2v) is 5.12. The molecule has 0 atom stereocenters. The van der Waals surface area contributed by atoms with Gasteiger partial charge in [-0.15, -0.1) is 0 Å². The molecule has 6 nitrogen and oxygen atoms in total. The molecule has 1 N–H and O–H groups in total. The number of hydrogen-bond acceptors (Lipinski definition) is 4. The normalized spacial score (nSPS) is 23.5. The first kappa shape index (κ1) is 11.4. The van der Waals surface area contributed by atoms with Crippen LogP contribution in [0.2, 0.25) is 0 Å². The third kappa shape index (κ3) is 2.66. The molecule has 0 unspecified atom stereocenters. The van der Waals surface area contributed by atoms with Crippen LogP contribution in [0.5, 0.6) is 0 Å². The Kier molecular flexibility index (Phi) is 3.46. The van der Waals surface area contributed by atoms with Gasteiger partial charge >= 0.3 is 5.97 Å². The third-order valence-corrected chi connectivity index (χ3v) is 4.04. The Hall–Kier alpha value is -0.660. The molecule has 0 aromatic heterocycles. The summed E-state index contributed by atoms with van der Waals surface area (Å²) in [6, 6.07) is 0. The number of sulfonamides is 1. The summed E-state index contributed by atoms with van der Waals surface area (Å²) in [7, 11) is -3.27. The average molecular weight is 222 g/mol. The minimum absolute atomic E-state index is 0.187. The third-order valence-electron chi connectivity index (χ3n) is 2.12. The summed E-state index contributed by atoms with van der Waals surface area (Å²) in [6.45, 7) is 2.87. The van der Waals surface area contributed by atoms with E-state index in [1.165, 1.54) is 9.21 Å². The van der Waals surface area contributed by atoms with E-state index in [4.69, 9.17) is 5.11 Å². The van der Waals surface area contributed by atoms with Crippen LogP contribution in [0, 0.1) is 0 Å². The number of nitrogens with zero attached hydrogens (tertiary/aromatic N) is 2. The minimum Gasteiger partial charge on any atom is -0.480 e. The fourth-order valence-electron chi connectivity index (χ4n) is 1.44. The van der Waals surface area contributed by atoms with Crippen LogP contribution in [0.15, 0.2) is 0 Å². The van der Waals surface area contributed by atoms with Crippen molar-refractivity contribution in [1.29, 1.82) is 0 Å². The fraction of sp³-hybridized carbons (Fsp3) is 0.857. The van der Waals surface area contributed by atoms with E-state index in [9.17, 15) is 13.2 Å². The Morgan fingerprint density at radius 1 is 1.43 bits per heavy atom. The van der Waals surface area contributed by atoms with Crippen LogP contribution in [0.25, 0.3) is 0 Å². The number of rotatable bonds is 3. The molecule has 0 aromatic rings. The fourth-order valence-corrected chi connectivity index (χ4v) is 3.04. The standard InChI is InChI=1S/C7H14N2O4S/c1-2-9-4-3-8(5-7(10)11)6-14(9,12)13/h2-6H2,1H3,(H,10,11). The zero-order valence-corrected chi connectivity index (χ0v) is 8.83. The number of carboxylic acids is 1. The number of likely N-dealkylation sites (N-methyl/N-ethyl adjacent to an activating group) is 1. The topological polar surface area (TPSA) is 77.9 Å². The maximum Gasteiger partial charge on any atom is 0.317 e. The summed E-state index contributed by atoms with van der Waals surface area (Å²) in [5.74, 6) is -1.18. The molecule has 0 spiro atoms. The first-order valence-electron chi connectivity index (χ1n) is 4.37. The average Bonchev–Trinajstić information content (AvgIpc) is 2.01. The highest BCUT2D eigenvalue weighted by molar-refractivity contribution is 7.89. The molecule has 0 aliphatic carbocycles. The van der Waals surface area contributed by atoms with Crippen LogP contribution in [0.1, 0.15) is 6.92 Å². The van der Waals surface area contributed by atoms with Gasteiger partial charge in [0.25, 0.3) is 0 Å². The first-order valence-corrected chi connectivity index (χ1v) is 5.98. The van der Waals surface area contributed by atoms with Crippen LogP contribution in [-0.4, -0.2) is 60.8 Å². The SMILES string of the molecule is CCN1CCN(CC(=O)O)CS1(=O)=O. The van der Waals surface area contributed by atoms with Crippen LogP contribution in [0.4, 0.5) is 0 Å². The smallest absolute Gasteiger partial charge is 0.317 e. The zero-order chi connectivity index (χ0) is 10.8. The molecule has 0 bridgehead atoms. The summed E-state index contributed by atoms with van der Waals surface area (Å²) < 4.78 is 24.4. The summed E-state index contributed by atoms with van der Waals surface area (Å²) >= 11 is 0. The Balaban J connectivity index is 2.63. The second-order valence-electron chi connectivity index (χ2n) is 3.18. The quantitative estimate of drug-likeness (QED) is 0.662. The van der Waals surface area contributed by atoms with Crippen molar-refractivity contribution in [3.8, 4) is 0 Å². The lowest BCUT2D eigenvalue weighted by Crippen LogP contribution is -2.50. The van der Waals surface area contributed by atoms with Gasteiger partial charge in [0.1, 0.15) is 5.88 Å². The largest absolute Gasteiger partial charge is 0.480 e. The van der Waals surface area contributed by atoms with E-state index in [1.807, 2.05) is 0 Å². The van der Waals surface area contributed by atoms with E-state index in [1.54, 1.807) is 6.92 Å². The lowest BCUT2D eigenvalue weighted by atomic mass is 10.5. The van der Waals surface area contributed by atoms with Gasteiger partial charge in [0.15, 0.2) is 0 Å². The van der Waals surface area contributed by atoms with Crippen molar-refractivity contribution in [2.75, 3.05) is 32.1 Å². The molecule has 14 heavy (non-hydrogen) atoms.